The number of para-hydroxylation sites is 1. The SMILES string of the molecule is CCC1(CO)CCN(C(=O)c2c[nH]c(=S)n2-c2ccccc2)CC1. The summed E-state index contributed by atoms with van der Waals surface area (Å²) < 4.78 is 2.30. The lowest BCUT2D eigenvalue weighted by atomic mass is 9.77. The maximum Gasteiger partial charge on any atom is 0.272 e. The molecule has 0 saturated carbocycles. The number of nitrogens with one attached hydrogen (secondary N) is 1. The second-order valence-electron chi connectivity index (χ2n) is 6.45. The number of likely N-dealkylation sites (tertiary alicyclic amines) is 1. The number of carbonyl (C=O) groups is 1. The van der Waals surface area contributed by atoms with Crippen LogP contribution in [0.3, 0.4) is 0 Å². The Kier molecular flexibility index (Phi) is 4.87. The third kappa shape index (κ3) is 3.03. The number of carbonyl (C=O) groups excluding carboxylic acids is 1. The van der Waals surface area contributed by atoms with Crippen molar-refractivity contribution in [3.05, 3.63) is 47.0 Å². The number of amides is 1. The molecule has 0 unspecified atom stereocenters. The van der Waals surface area contributed by atoms with Crippen LogP contribution in [0.4, 0.5) is 0 Å². The maximum atomic E-state index is 13.0. The summed E-state index contributed by atoms with van der Waals surface area (Å²) in [6, 6.07) is 9.66. The predicted octanol–water partition coefficient (Wildman–Crippen LogP) is 3.16. The minimum atomic E-state index is -0.0342. The molecule has 1 aliphatic heterocycles. The van der Waals surface area contributed by atoms with Gasteiger partial charge in [-0.3, -0.25) is 9.36 Å². The van der Waals surface area contributed by atoms with Crippen LogP contribution in [0, 0.1) is 10.2 Å². The average Bonchev–Trinajstić information content (AvgIpc) is 3.03. The quantitative estimate of drug-likeness (QED) is 0.837. The summed E-state index contributed by atoms with van der Waals surface area (Å²) in [7, 11) is 0. The van der Waals surface area contributed by atoms with Crippen molar-refractivity contribution >= 4 is 18.1 Å². The Morgan fingerprint density at radius 1 is 1.29 bits per heavy atom. The molecule has 2 N–H and O–H groups in total. The summed E-state index contributed by atoms with van der Waals surface area (Å²) in [6.07, 6.45) is 4.30. The van der Waals surface area contributed by atoms with Crippen LogP contribution in [0.15, 0.2) is 36.5 Å². The summed E-state index contributed by atoms with van der Waals surface area (Å²) in [5.41, 5.74) is 1.40. The highest BCUT2D eigenvalue weighted by molar-refractivity contribution is 7.71. The fourth-order valence-electron chi connectivity index (χ4n) is 3.33. The van der Waals surface area contributed by atoms with Crippen LogP contribution in [0.5, 0.6) is 0 Å². The molecule has 1 aromatic carbocycles. The van der Waals surface area contributed by atoms with Crippen LogP contribution in [0.2, 0.25) is 0 Å². The van der Waals surface area contributed by atoms with Crippen LogP contribution in [-0.4, -0.2) is 45.2 Å². The number of piperidine rings is 1. The van der Waals surface area contributed by atoms with Gasteiger partial charge >= 0.3 is 0 Å². The molecule has 0 spiro atoms. The summed E-state index contributed by atoms with van der Waals surface area (Å²) in [5, 5.41) is 9.65. The fourth-order valence-corrected chi connectivity index (χ4v) is 3.59. The number of aromatic nitrogens is 2. The molecule has 0 radical (unpaired) electrons. The lowest BCUT2D eigenvalue weighted by Crippen LogP contribution is -2.44. The van der Waals surface area contributed by atoms with Crippen LogP contribution in [0.1, 0.15) is 36.7 Å². The molecule has 6 heteroatoms. The molecule has 3 rings (SSSR count). The molecule has 24 heavy (non-hydrogen) atoms. The molecule has 2 aromatic rings. The summed E-state index contributed by atoms with van der Waals surface area (Å²) in [5.74, 6) is -0.0196. The van der Waals surface area contributed by atoms with Gasteiger partial charge in [0, 0.05) is 31.6 Å². The van der Waals surface area contributed by atoms with Gasteiger partial charge in [-0.05, 0) is 49.0 Å². The number of hydrogen-bond donors (Lipinski definition) is 2. The van der Waals surface area contributed by atoms with Gasteiger partial charge in [-0.15, -0.1) is 0 Å². The standard InChI is InChI=1S/C18H23N3O2S/c1-2-18(13-22)8-10-20(11-9-18)16(23)15-12-19-17(24)21(15)14-6-4-3-5-7-14/h3-7,12,22H,2,8-11,13H2,1H3,(H,19,24). The highest BCUT2D eigenvalue weighted by Crippen LogP contribution is 2.34. The normalized spacial score (nSPS) is 17.0. The molecular formula is C18H23N3O2S. The fraction of sp³-hybridized carbons (Fsp3) is 0.444. The van der Waals surface area contributed by atoms with Crippen molar-refractivity contribution in [2.45, 2.75) is 26.2 Å². The van der Waals surface area contributed by atoms with Gasteiger partial charge in [-0.2, -0.15) is 0 Å². The Balaban J connectivity index is 1.84. The van der Waals surface area contributed by atoms with Gasteiger partial charge in [0.15, 0.2) is 4.77 Å². The predicted molar refractivity (Wildman–Crippen MR) is 95.9 cm³/mol. The van der Waals surface area contributed by atoms with E-state index in [4.69, 9.17) is 12.2 Å². The smallest absolute Gasteiger partial charge is 0.272 e. The minimum absolute atomic E-state index is 0.0196. The zero-order chi connectivity index (χ0) is 17.2. The molecule has 1 amide bonds. The van der Waals surface area contributed by atoms with E-state index < -0.39 is 0 Å². The highest BCUT2D eigenvalue weighted by atomic mass is 32.1. The van der Waals surface area contributed by atoms with Crippen molar-refractivity contribution < 1.29 is 9.90 Å². The van der Waals surface area contributed by atoms with Crippen molar-refractivity contribution in [1.29, 1.82) is 0 Å². The minimum Gasteiger partial charge on any atom is -0.396 e. The number of aliphatic hydroxyl groups is 1. The van der Waals surface area contributed by atoms with Crippen LogP contribution in [0.25, 0.3) is 5.69 Å². The van der Waals surface area contributed by atoms with E-state index in [2.05, 4.69) is 11.9 Å². The molecule has 1 aliphatic rings. The van der Waals surface area contributed by atoms with E-state index in [1.54, 1.807) is 10.8 Å². The van der Waals surface area contributed by atoms with Gasteiger partial charge in [-0.25, -0.2) is 0 Å². The van der Waals surface area contributed by atoms with Crippen LogP contribution in [-0.2, 0) is 0 Å². The van der Waals surface area contributed by atoms with Gasteiger partial charge < -0.3 is 15.0 Å². The molecule has 5 nitrogen and oxygen atoms in total. The first-order valence-electron chi connectivity index (χ1n) is 8.36. The highest BCUT2D eigenvalue weighted by Gasteiger charge is 2.34. The molecule has 2 heterocycles. The summed E-state index contributed by atoms with van der Waals surface area (Å²) >= 11 is 5.35. The maximum absolute atomic E-state index is 13.0. The summed E-state index contributed by atoms with van der Waals surface area (Å²) in [4.78, 5) is 17.8. The first-order valence-corrected chi connectivity index (χ1v) is 8.77. The van der Waals surface area contributed by atoms with Crippen LogP contribution >= 0.6 is 12.2 Å². The van der Waals surface area contributed by atoms with E-state index in [0.29, 0.717) is 23.6 Å². The second-order valence-corrected chi connectivity index (χ2v) is 6.84. The number of aromatic amines is 1. The molecule has 0 aliphatic carbocycles. The summed E-state index contributed by atoms with van der Waals surface area (Å²) in [6.45, 7) is 3.63. The Bertz CT molecular complexity index is 752. The topological polar surface area (TPSA) is 61.3 Å². The third-order valence-corrected chi connectivity index (χ3v) is 5.51. The van der Waals surface area contributed by atoms with Crippen molar-refractivity contribution in [3.8, 4) is 5.69 Å². The van der Waals surface area contributed by atoms with Gasteiger partial charge in [0.25, 0.3) is 5.91 Å². The zero-order valence-corrected chi connectivity index (χ0v) is 14.7. The van der Waals surface area contributed by atoms with Gasteiger partial charge in [0.05, 0.1) is 0 Å². The molecule has 1 saturated heterocycles. The lowest BCUT2D eigenvalue weighted by Gasteiger charge is -2.40. The Morgan fingerprint density at radius 2 is 1.96 bits per heavy atom. The lowest BCUT2D eigenvalue weighted by molar-refractivity contribution is 0.0333. The van der Waals surface area contributed by atoms with E-state index in [9.17, 15) is 9.90 Å². The number of imidazole rings is 1. The van der Waals surface area contributed by atoms with Crippen molar-refractivity contribution in [2.24, 2.45) is 5.41 Å². The van der Waals surface area contributed by atoms with Crippen molar-refractivity contribution in [2.75, 3.05) is 19.7 Å². The molecule has 1 fully saturated rings. The van der Waals surface area contributed by atoms with Gasteiger partial charge in [0.2, 0.25) is 0 Å². The van der Waals surface area contributed by atoms with Gasteiger partial charge in [0.1, 0.15) is 5.69 Å². The molecule has 128 valence electrons. The van der Waals surface area contributed by atoms with Gasteiger partial charge in [-0.1, -0.05) is 25.1 Å². The molecule has 0 bridgehead atoms. The first kappa shape index (κ1) is 16.9. The number of hydrogen-bond acceptors (Lipinski definition) is 3. The van der Waals surface area contributed by atoms with E-state index in [1.807, 2.05) is 35.2 Å². The van der Waals surface area contributed by atoms with E-state index in [1.165, 1.54) is 0 Å². The number of aliphatic hydroxyl groups excluding tert-OH is 1. The van der Waals surface area contributed by atoms with Crippen LogP contribution < -0.4 is 0 Å². The Morgan fingerprint density at radius 3 is 2.54 bits per heavy atom. The largest absolute Gasteiger partial charge is 0.396 e. The third-order valence-electron chi connectivity index (χ3n) is 5.21. The van der Waals surface area contributed by atoms with E-state index in [0.717, 1.165) is 24.9 Å². The Labute approximate surface area is 146 Å². The monoisotopic (exact) mass is 345 g/mol. The van der Waals surface area contributed by atoms with E-state index >= 15 is 0 Å². The molecule has 0 atom stereocenters. The van der Waals surface area contributed by atoms with Crippen molar-refractivity contribution in [1.82, 2.24) is 14.5 Å². The number of H-pyrrole nitrogens is 1. The first-order chi connectivity index (χ1) is 11.6. The average molecular weight is 345 g/mol. The second kappa shape index (κ2) is 6.91. The van der Waals surface area contributed by atoms with E-state index in [-0.39, 0.29) is 17.9 Å². The number of nitrogens with zero attached hydrogens (tertiary/aromatic N) is 2. The number of benzene rings is 1. The number of rotatable bonds is 4. The zero-order valence-electron chi connectivity index (χ0n) is 13.9. The Hall–Kier alpha value is -1.92. The molecular weight excluding hydrogens is 322 g/mol. The molecule has 1 aromatic heterocycles. The van der Waals surface area contributed by atoms with Crippen molar-refractivity contribution in [3.63, 3.8) is 0 Å².